The number of aromatic carboxylic acids is 1. The summed E-state index contributed by atoms with van der Waals surface area (Å²) in [7, 11) is 0. The van der Waals surface area contributed by atoms with Gasteiger partial charge in [-0.25, -0.2) is 9.78 Å². The van der Waals surface area contributed by atoms with E-state index in [0.717, 1.165) is 6.20 Å². The minimum atomic E-state index is -1.16. The van der Waals surface area contributed by atoms with Crippen molar-refractivity contribution in [1.29, 1.82) is 0 Å². The fraction of sp³-hybridized carbons (Fsp3) is 0. The largest absolute Gasteiger partial charge is 0.478 e. The smallest absolute Gasteiger partial charge is 0.339 e. The molecule has 0 aliphatic heterocycles. The third kappa shape index (κ3) is 2.86. The zero-order valence-corrected chi connectivity index (χ0v) is 10.9. The molecule has 0 radical (unpaired) electrons. The molecule has 1 aromatic carbocycles. The number of hydrogen-bond donors (Lipinski definition) is 3. The van der Waals surface area contributed by atoms with Gasteiger partial charge in [-0.05, 0) is 18.2 Å². The highest BCUT2D eigenvalue weighted by Gasteiger charge is 2.14. The van der Waals surface area contributed by atoms with Gasteiger partial charge in [0.25, 0.3) is 5.91 Å². The average molecular weight is 292 g/mol. The number of carboxylic acids is 1. The summed E-state index contributed by atoms with van der Waals surface area (Å²) in [5.74, 6) is -1.78. The van der Waals surface area contributed by atoms with Crippen LogP contribution in [0.5, 0.6) is 0 Å². The first kappa shape index (κ1) is 13.8. The van der Waals surface area contributed by atoms with Gasteiger partial charge in [-0.3, -0.25) is 4.79 Å². The van der Waals surface area contributed by atoms with Crippen molar-refractivity contribution in [2.24, 2.45) is 5.73 Å². The summed E-state index contributed by atoms with van der Waals surface area (Å²) in [4.78, 5) is 26.2. The number of carbonyl (C=O) groups excluding carboxylic acids is 1. The number of anilines is 2. The summed E-state index contributed by atoms with van der Waals surface area (Å²) in [6.45, 7) is 0. The average Bonchev–Trinajstić information content (AvgIpc) is 2.38. The van der Waals surface area contributed by atoms with Gasteiger partial charge in [-0.1, -0.05) is 23.7 Å². The summed E-state index contributed by atoms with van der Waals surface area (Å²) in [5.41, 5.74) is 6.07. The molecule has 0 atom stereocenters. The van der Waals surface area contributed by atoms with Gasteiger partial charge in [0.05, 0.1) is 16.9 Å². The second kappa shape index (κ2) is 5.58. The van der Waals surface area contributed by atoms with Crippen molar-refractivity contribution >= 4 is 34.9 Å². The number of carbonyl (C=O) groups is 2. The molecule has 4 N–H and O–H groups in total. The van der Waals surface area contributed by atoms with Crippen LogP contribution in [0.1, 0.15) is 20.7 Å². The molecule has 20 heavy (non-hydrogen) atoms. The molecule has 2 rings (SSSR count). The van der Waals surface area contributed by atoms with Crippen LogP contribution in [-0.2, 0) is 0 Å². The fourth-order valence-corrected chi connectivity index (χ4v) is 1.81. The van der Waals surface area contributed by atoms with Crippen LogP contribution in [0.4, 0.5) is 11.4 Å². The van der Waals surface area contributed by atoms with E-state index in [1.165, 1.54) is 12.1 Å². The number of amides is 1. The molecule has 7 heteroatoms. The number of nitrogens with one attached hydrogen (secondary N) is 1. The van der Waals surface area contributed by atoms with Crippen molar-refractivity contribution in [2.75, 3.05) is 5.32 Å². The van der Waals surface area contributed by atoms with Crippen LogP contribution in [0.3, 0.4) is 0 Å². The van der Waals surface area contributed by atoms with E-state index in [1.807, 2.05) is 0 Å². The number of para-hydroxylation sites is 1. The molecule has 6 nitrogen and oxygen atoms in total. The molecule has 2 aromatic rings. The molecule has 0 saturated heterocycles. The van der Waals surface area contributed by atoms with Crippen LogP contribution in [0, 0.1) is 0 Å². The zero-order valence-electron chi connectivity index (χ0n) is 10.1. The van der Waals surface area contributed by atoms with E-state index >= 15 is 0 Å². The Morgan fingerprint density at radius 3 is 2.55 bits per heavy atom. The van der Waals surface area contributed by atoms with Crippen molar-refractivity contribution in [3.63, 3.8) is 0 Å². The predicted molar refractivity (Wildman–Crippen MR) is 74.4 cm³/mol. The van der Waals surface area contributed by atoms with Crippen molar-refractivity contribution in [3.8, 4) is 0 Å². The van der Waals surface area contributed by atoms with E-state index in [9.17, 15) is 9.59 Å². The topological polar surface area (TPSA) is 105 Å². The van der Waals surface area contributed by atoms with Crippen LogP contribution in [-0.4, -0.2) is 22.0 Å². The maximum atomic E-state index is 11.3. The van der Waals surface area contributed by atoms with Crippen LogP contribution in [0.15, 0.2) is 36.5 Å². The van der Waals surface area contributed by atoms with Crippen LogP contribution in [0.2, 0.25) is 5.15 Å². The predicted octanol–water partition coefficient (Wildman–Crippen LogP) is 2.28. The lowest BCUT2D eigenvalue weighted by Gasteiger charge is -2.12. The van der Waals surface area contributed by atoms with Crippen molar-refractivity contribution < 1.29 is 14.7 Å². The molecular weight excluding hydrogens is 282 g/mol. The number of nitrogens with two attached hydrogens (primary N) is 1. The van der Waals surface area contributed by atoms with Gasteiger partial charge in [0.2, 0.25) is 0 Å². The van der Waals surface area contributed by atoms with Crippen LogP contribution in [0.25, 0.3) is 0 Å². The summed E-state index contributed by atoms with van der Waals surface area (Å²) < 4.78 is 0. The monoisotopic (exact) mass is 291 g/mol. The first-order valence-electron chi connectivity index (χ1n) is 5.53. The summed E-state index contributed by atoms with van der Waals surface area (Å²) in [5, 5.41) is 12.1. The second-order valence-corrected chi connectivity index (χ2v) is 4.28. The molecular formula is C13H10ClN3O3. The Hall–Kier alpha value is -2.60. The Kier molecular flexibility index (Phi) is 3.86. The molecule has 0 aliphatic rings. The number of rotatable bonds is 4. The third-order valence-corrected chi connectivity index (χ3v) is 2.77. The van der Waals surface area contributed by atoms with Crippen LogP contribution >= 0.6 is 11.6 Å². The lowest BCUT2D eigenvalue weighted by molar-refractivity contribution is 0.0697. The minimum absolute atomic E-state index is 0.0614. The van der Waals surface area contributed by atoms with Gasteiger partial charge in [-0.2, -0.15) is 0 Å². The fourth-order valence-electron chi connectivity index (χ4n) is 1.66. The van der Waals surface area contributed by atoms with Crippen molar-refractivity contribution in [2.45, 2.75) is 0 Å². The summed E-state index contributed by atoms with van der Waals surface area (Å²) in [6.07, 6.45) is 1.14. The van der Waals surface area contributed by atoms with Gasteiger partial charge in [0.15, 0.2) is 0 Å². The third-order valence-electron chi connectivity index (χ3n) is 2.56. The quantitative estimate of drug-likeness (QED) is 0.749. The highest BCUT2D eigenvalue weighted by Crippen LogP contribution is 2.25. The molecule has 102 valence electrons. The van der Waals surface area contributed by atoms with Gasteiger partial charge < -0.3 is 16.2 Å². The number of carboxylic acid groups (broad SMARTS) is 1. The van der Waals surface area contributed by atoms with E-state index in [4.69, 9.17) is 22.4 Å². The van der Waals surface area contributed by atoms with Crippen LogP contribution < -0.4 is 11.1 Å². The van der Waals surface area contributed by atoms with Gasteiger partial charge in [0.1, 0.15) is 10.7 Å². The Morgan fingerprint density at radius 1 is 1.20 bits per heavy atom. The highest BCUT2D eigenvalue weighted by atomic mass is 35.5. The van der Waals surface area contributed by atoms with E-state index in [0.29, 0.717) is 5.69 Å². The number of aromatic nitrogens is 1. The summed E-state index contributed by atoms with van der Waals surface area (Å²) >= 11 is 5.75. The van der Waals surface area contributed by atoms with Crippen molar-refractivity contribution in [1.82, 2.24) is 4.98 Å². The minimum Gasteiger partial charge on any atom is -0.478 e. The number of halogens is 1. The Morgan fingerprint density at radius 2 is 1.90 bits per heavy atom. The Balaban J connectivity index is 2.47. The van der Waals surface area contributed by atoms with E-state index in [-0.39, 0.29) is 22.0 Å². The van der Waals surface area contributed by atoms with E-state index in [1.54, 1.807) is 18.2 Å². The van der Waals surface area contributed by atoms with Crippen molar-refractivity contribution in [3.05, 3.63) is 52.8 Å². The maximum Gasteiger partial charge on any atom is 0.339 e. The van der Waals surface area contributed by atoms with Gasteiger partial charge in [-0.15, -0.1) is 0 Å². The molecule has 0 bridgehead atoms. The number of pyridine rings is 1. The molecule has 1 aromatic heterocycles. The molecule has 0 aliphatic carbocycles. The lowest BCUT2D eigenvalue weighted by Crippen LogP contribution is -2.13. The normalized spacial score (nSPS) is 10.1. The molecule has 0 saturated carbocycles. The highest BCUT2D eigenvalue weighted by molar-refractivity contribution is 6.29. The number of primary amides is 1. The SMILES string of the molecule is NC(=O)c1ccccc1Nc1cc(Cl)ncc1C(=O)O. The molecule has 1 heterocycles. The van der Waals surface area contributed by atoms with Gasteiger partial charge >= 0.3 is 5.97 Å². The summed E-state index contributed by atoms with van der Waals surface area (Å²) in [6, 6.07) is 7.86. The van der Waals surface area contributed by atoms with E-state index < -0.39 is 11.9 Å². The molecule has 0 spiro atoms. The Labute approximate surface area is 119 Å². The molecule has 0 unspecified atom stereocenters. The first-order chi connectivity index (χ1) is 9.49. The number of benzene rings is 1. The zero-order chi connectivity index (χ0) is 14.7. The van der Waals surface area contributed by atoms with Gasteiger partial charge in [0, 0.05) is 6.20 Å². The molecule has 0 fully saturated rings. The number of nitrogens with zero attached hydrogens (tertiary/aromatic N) is 1. The standard InChI is InChI=1S/C13H10ClN3O3/c14-11-5-10(8(6-16-11)13(19)20)17-9-4-2-1-3-7(9)12(15)18/h1-6H,(H2,15,18)(H,16,17)(H,19,20). The first-order valence-corrected chi connectivity index (χ1v) is 5.91. The maximum absolute atomic E-state index is 11.3. The van der Waals surface area contributed by atoms with E-state index in [2.05, 4.69) is 10.3 Å². The molecule has 1 amide bonds. The Bertz CT molecular complexity index is 688. The number of hydrogen-bond acceptors (Lipinski definition) is 4. The lowest BCUT2D eigenvalue weighted by atomic mass is 10.1. The second-order valence-electron chi connectivity index (χ2n) is 3.89.